The van der Waals surface area contributed by atoms with Crippen LogP contribution in [0.4, 0.5) is 8.78 Å². The number of rotatable bonds is 6. The second-order valence-electron chi connectivity index (χ2n) is 4.86. The van der Waals surface area contributed by atoms with Crippen LogP contribution < -0.4 is 10.1 Å². The Morgan fingerprint density at radius 1 is 1.29 bits per heavy atom. The van der Waals surface area contributed by atoms with E-state index in [-0.39, 0.29) is 0 Å². The molecule has 114 valence electrons. The second-order valence-corrected chi connectivity index (χ2v) is 5.81. The van der Waals surface area contributed by atoms with Crippen LogP contribution in [0, 0.1) is 18.6 Å². The number of nitrogens with one attached hydrogen (secondary N) is 1. The fourth-order valence-electron chi connectivity index (χ4n) is 2.20. The topological polar surface area (TPSA) is 21.3 Å². The van der Waals surface area contributed by atoms with Gasteiger partial charge < -0.3 is 10.1 Å². The van der Waals surface area contributed by atoms with Gasteiger partial charge >= 0.3 is 0 Å². The molecule has 0 spiro atoms. The Morgan fingerprint density at radius 2 is 2.05 bits per heavy atom. The van der Waals surface area contributed by atoms with Gasteiger partial charge in [0.1, 0.15) is 17.4 Å². The van der Waals surface area contributed by atoms with Crippen LogP contribution in [0.3, 0.4) is 0 Å². The summed E-state index contributed by atoms with van der Waals surface area (Å²) in [4.78, 5) is 0.855. The minimum atomic E-state index is -0.407. The summed E-state index contributed by atoms with van der Waals surface area (Å²) in [5.74, 6) is -0.114. The third-order valence-electron chi connectivity index (χ3n) is 3.33. The fraction of sp³-hybridized carbons (Fsp3) is 0.375. The molecule has 0 radical (unpaired) electrons. The molecule has 0 saturated heterocycles. The maximum atomic E-state index is 14.3. The Labute approximate surface area is 127 Å². The predicted molar refractivity (Wildman–Crippen MR) is 82.1 cm³/mol. The highest BCUT2D eigenvalue weighted by Crippen LogP contribution is 2.36. The SMILES string of the molecule is CCCNC(c1cc(F)c(C)cc1F)c1sccc1OC. The number of aryl methyl sites for hydroxylation is 1. The summed E-state index contributed by atoms with van der Waals surface area (Å²) in [5.41, 5.74) is 0.621. The first-order valence-corrected chi connectivity index (χ1v) is 7.76. The number of hydrogen-bond acceptors (Lipinski definition) is 3. The zero-order chi connectivity index (χ0) is 15.4. The number of thiophene rings is 1. The average Bonchev–Trinajstić information content (AvgIpc) is 2.93. The van der Waals surface area contributed by atoms with Crippen molar-refractivity contribution in [2.24, 2.45) is 0 Å². The molecule has 5 heteroatoms. The van der Waals surface area contributed by atoms with E-state index in [1.165, 1.54) is 23.5 Å². The van der Waals surface area contributed by atoms with Gasteiger partial charge in [0.15, 0.2) is 0 Å². The first kappa shape index (κ1) is 15.9. The van der Waals surface area contributed by atoms with Crippen LogP contribution in [0.1, 0.15) is 35.4 Å². The van der Waals surface area contributed by atoms with Gasteiger partial charge in [-0.15, -0.1) is 11.3 Å². The third kappa shape index (κ3) is 3.41. The molecule has 0 fully saturated rings. The molecule has 0 aliphatic heterocycles. The Kier molecular flexibility index (Phi) is 5.31. The minimum absolute atomic E-state index is 0.309. The van der Waals surface area contributed by atoms with Crippen molar-refractivity contribution in [3.05, 3.63) is 51.2 Å². The maximum Gasteiger partial charge on any atom is 0.134 e. The Bertz CT molecular complexity index is 612. The molecule has 1 N–H and O–H groups in total. The largest absolute Gasteiger partial charge is 0.496 e. The first-order chi connectivity index (χ1) is 10.1. The molecule has 2 aromatic rings. The Morgan fingerprint density at radius 3 is 2.71 bits per heavy atom. The van der Waals surface area contributed by atoms with Crippen LogP contribution in [0.2, 0.25) is 0 Å². The molecule has 0 bridgehead atoms. The van der Waals surface area contributed by atoms with E-state index in [4.69, 9.17) is 4.74 Å². The van der Waals surface area contributed by atoms with Gasteiger partial charge in [-0.3, -0.25) is 0 Å². The monoisotopic (exact) mass is 311 g/mol. The molecule has 1 heterocycles. The standard InChI is InChI=1S/C16H19F2NOS/c1-4-6-19-15(16-14(20-3)5-7-21-16)11-9-12(17)10(2)8-13(11)18/h5,7-9,15,19H,4,6H2,1-3H3. The Hall–Kier alpha value is -1.46. The van der Waals surface area contributed by atoms with Crippen molar-refractivity contribution in [1.29, 1.82) is 0 Å². The quantitative estimate of drug-likeness (QED) is 0.852. The van der Waals surface area contributed by atoms with Crippen LogP contribution in [-0.4, -0.2) is 13.7 Å². The van der Waals surface area contributed by atoms with Crippen molar-refractivity contribution >= 4 is 11.3 Å². The molecule has 2 rings (SSSR count). The number of hydrogen-bond donors (Lipinski definition) is 1. The average molecular weight is 311 g/mol. The normalized spacial score (nSPS) is 12.4. The molecule has 1 unspecified atom stereocenters. The van der Waals surface area contributed by atoms with Crippen molar-refractivity contribution < 1.29 is 13.5 Å². The zero-order valence-electron chi connectivity index (χ0n) is 12.4. The maximum absolute atomic E-state index is 14.3. The summed E-state index contributed by atoms with van der Waals surface area (Å²) in [5, 5.41) is 5.16. The summed E-state index contributed by atoms with van der Waals surface area (Å²) < 4.78 is 33.5. The molecule has 1 atom stereocenters. The summed E-state index contributed by atoms with van der Waals surface area (Å²) in [7, 11) is 1.58. The van der Waals surface area contributed by atoms with Crippen molar-refractivity contribution in [3.8, 4) is 5.75 Å². The second kappa shape index (κ2) is 7.00. The lowest BCUT2D eigenvalue weighted by molar-refractivity contribution is 0.406. The molecular formula is C16H19F2NOS. The van der Waals surface area contributed by atoms with Crippen LogP contribution >= 0.6 is 11.3 Å². The van der Waals surface area contributed by atoms with Gasteiger partial charge in [0.05, 0.1) is 18.0 Å². The van der Waals surface area contributed by atoms with Gasteiger partial charge in [-0.05, 0) is 49.0 Å². The van der Waals surface area contributed by atoms with Gasteiger partial charge in [0.2, 0.25) is 0 Å². The van der Waals surface area contributed by atoms with E-state index < -0.39 is 17.7 Å². The molecule has 1 aromatic carbocycles. The van der Waals surface area contributed by atoms with Crippen molar-refractivity contribution in [1.82, 2.24) is 5.32 Å². The van der Waals surface area contributed by atoms with E-state index in [2.05, 4.69) is 5.32 Å². The van der Waals surface area contributed by atoms with Gasteiger partial charge in [0, 0.05) is 5.56 Å². The fourth-order valence-corrected chi connectivity index (χ4v) is 3.16. The number of methoxy groups -OCH3 is 1. The van der Waals surface area contributed by atoms with Crippen LogP contribution in [0.25, 0.3) is 0 Å². The predicted octanol–water partition coefficient (Wildman–Crippen LogP) is 4.43. The molecule has 21 heavy (non-hydrogen) atoms. The van der Waals surface area contributed by atoms with Crippen LogP contribution in [-0.2, 0) is 0 Å². The van der Waals surface area contributed by atoms with Gasteiger partial charge in [0.25, 0.3) is 0 Å². The lowest BCUT2D eigenvalue weighted by Gasteiger charge is -2.20. The molecule has 0 amide bonds. The van der Waals surface area contributed by atoms with E-state index in [9.17, 15) is 8.78 Å². The van der Waals surface area contributed by atoms with Gasteiger partial charge in [-0.2, -0.15) is 0 Å². The third-order valence-corrected chi connectivity index (χ3v) is 4.29. The lowest BCUT2D eigenvalue weighted by atomic mass is 10.0. The number of halogens is 2. The highest BCUT2D eigenvalue weighted by molar-refractivity contribution is 7.10. The highest BCUT2D eigenvalue weighted by atomic mass is 32.1. The summed E-state index contributed by atoms with van der Waals surface area (Å²) in [6.45, 7) is 4.30. The number of benzene rings is 1. The molecular weight excluding hydrogens is 292 g/mol. The summed E-state index contributed by atoms with van der Waals surface area (Å²) in [6.07, 6.45) is 0.903. The van der Waals surface area contributed by atoms with E-state index in [1.54, 1.807) is 14.0 Å². The molecule has 2 nitrogen and oxygen atoms in total. The van der Waals surface area contributed by atoms with Crippen LogP contribution in [0.15, 0.2) is 23.6 Å². The minimum Gasteiger partial charge on any atom is -0.496 e. The molecule has 0 aliphatic rings. The van der Waals surface area contributed by atoms with Crippen molar-refractivity contribution in [2.45, 2.75) is 26.3 Å². The van der Waals surface area contributed by atoms with Crippen LogP contribution in [0.5, 0.6) is 5.75 Å². The van der Waals surface area contributed by atoms with Gasteiger partial charge in [-0.1, -0.05) is 6.92 Å². The van der Waals surface area contributed by atoms with E-state index in [1.807, 2.05) is 18.4 Å². The summed E-state index contributed by atoms with van der Waals surface area (Å²) >= 11 is 1.47. The first-order valence-electron chi connectivity index (χ1n) is 6.88. The van der Waals surface area contributed by atoms with E-state index >= 15 is 0 Å². The summed E-state index contributed by atoms with van der Waals surface area (Å²) in [6, 6.07) is 3.95. The van der Waals surface area contributed by atoms with Gasteiger partial charge in [-0.25, -0.2) is 8.78 Å². The van der Waals surface area contributed by atoms with E-state index in [0.29, 0.717) is 23.4 Å². The lowest BCUT2D eigenvalue weighted by Crippen LogP contribution is -2.24. The highest BCUT2D eigenvalue weighted by Gasteiger charge is 2.23. The molecule has 0 aliphatic carbocycles. The van der Waals surface area contributed by atoms with Crippen molar-refractivity contribution in [2.75, 3.05) is 13.7 Å². The Balaban J connectivity index is 2.48. The number of ether oxygens (including phenoxy) is 1. The molecule has 0 saturated carbocycles. The smallest absolute Gasteiger partial charge is 0.134 e. The zero-order valence-corrected chi connectivity index (χ0v) is 13.2. The molecule has 1 aromatic heterocycles. The van der Waals surface area contributed by atoms with E-state index in [0.717, 1.165) is 11.3 Å². The van der Waals surface area contributed by atoms with Crippen molar-refractivity contribution in [3.63, 3.8) is 0 Å².